The topological polar surface area (TPSA) is 0 Å². The fourth-order valence-electron chi connectivity index (χ4n) is 2.90. The van der Waals surface area contributed by atoms with Crippen LogP contribution in [0.1, 0.15) is 29.2 Å². The van der Waals surface area contributed by atoms with Crippen LogP contribution in [0.2, 0.25) is 0 Å². The Morgan fingerprint density at radius 2 is 1.35 bits per heavy atom. The highest BCUT2D eigenvalue weighted by molar-refractivity contribution is 5.81. The van der Waals surface area contributed by atoms with Crippen LogP contribution in [0.15, 0.2) is 42.0 Å². The van der Waals surface area contributed by atoms with Crippen molar-refractivity contribution in [2.24, 2.45) is 0 Å². The van der Waals surface area contributed by atoms with Crippen molar-refractivity contribution in [2.45, 2.75) is 25.7 Å². The summed E-state index contributed by atoms with van der Waals surface area (Å²) in [6.07, 6.45) is -7.24. The Kier molecular flexibility index (Phi) is 6.48. The Balaban J connectivity index is 0.00000169. The lowest BCUT2D eigenvalue weighted by Crippen LogP contribution is -3.00. The molecule has 1 aliphatic rings. The third-order valence-corrected chi connectivity index (χ3v) is 3.96. The molecule has 0 bridgehead atoms. The summed E-state index contributed by atoms with van der Waals surface area (Å²) in [5.41, 5.74) is 0.284. The first-order chi connectivity index (χ1) is 11.1. The molecule has 2 aromatic carbocycles. The van der Waals surface area contributed by atoms with E-state index in [2.05, 4.69) is 0 Å². The maximum absolute atomic E-state index is 13.0. The lowest BCUT2D eigenvalue weighted by Gasteiger charge is -2.15. The number of hydrogen-bond donors (Lipinski definition) is 0. The van der Waals surface area contributed by atoms with E-state index in [1.807, 2.05) is 13.0 Å². The number of fused-ring (bicyclic) bond motifs is 1. The second-order valence-corrected chi connectivity index (χ2v) is 5.84. The van der Waals surface area contributed by atoms with E-state index in [1.54, 1.807) is 18.2 Å². The van der Waals surface area contributed by atoms with E-state index >= 15 is 0 Å². The van der Waals surface area contributed by atoms with E-state index < -0.39 is 23.5 Å². The standard InChI is InChI=1S/C18H12F6.2ClH/c1-10-5-11-3-2-4-15(16(11)6-10)12-7-13(17(19,20)21)9-14(8-12)18(22,23)24;;/h2-4,6-9H,5H2,1H3;2*1H/p-2. The predicted molar refractivity (Wildman–Crippen MR) is 79.2 cm³/mol. The van der Waals surface area contributed by atoms with E-state index in [4.69, 9.17) is 0 Å². The van der Waals surface area contributed by atoms with Crippen LogP contribution in [-0.4, -0.2) is 0 Å². The number of hydrogen-bond acceptors (Lipinski definition) is 0. The fraction of sp³-hybridized carbons (Fsp3) is 0.222. The van der Waals surface area contributed by atoms with Crippen molar-refractivity contribution in [1.82, 2.24) is 0 Å². The Hall–Kier alpha value is -1.66. The molecule has 26 heavy (non-hydrogen) atoms. The smallest absolute Gasteiger partial charge is 0.416 e. The van der Waals surface area contributed by atoms with Crippen molar-refractivity contribution >= 4 is 6.08 Å². The minimum absolute atomic E-state index is 0. The van der Waals surface area contributed by atoms with Gasteiger partial charge in [-0.15, -0.1) is 0 Å². The van der Waals surface area contributed by atoms with Gasteiger partial charge < -0.3 is 24.8 Å². The first kappa shape index (κ1) is 22.4. The summed E-state index contributed by atoms with van der Waals surface area (Å²) in [4.78, 5) is 0. The maximum atomic E-state index is 13.0. The lowest BCUT2D eigenvalue weighted by atomic mass is 9.94. The molecule has 0 aromatic heterocycles. The average Bonchev–Trinajstić information content (AvgIpc) is 2.84. The van der Waals surface area contributed by atoms with Crippen LogP contribution >= 0.6 is 0 Å². The molecule has 0 saturated heterocycles. The summed E-state index contributed by atoms with van der Waals surface area (Å²) in [5.74, 6) is 0. The summed E-state index contributed by atoms with van der Waals surface area (Å²) in [6.45, 7) is 1.87. The van der Waals surface area contributed by atoms with Crippen LogP contribution < -0.4 is 24.8 Å². The van der Waals surface area contributed by atoms with Crippen molar-refractivity contribution in [3.05, 3.63) is 64.2 Å². The predicted octanol–water partition coefficient (Wildman–Crippen LogP) is 0.359. The van der Waals surface area contributed by atoms with Crippen LogP contribution in [0.4, 0.5) is 26.3 Å². The van der Waals surface area contributed by atoms with Gasteiger partial charge in [0.2, 0.25) is 0 Å². The molecule has 0 N–H and O–H groups in total. The molecule has 142 valence electrons. The van der Waals surface area contributed by atoms with Gasteiger partial charge in [-0.05, 0) is 53.8 Å². The zero-order valence-corrected chi connectivity index (χ0v) is 14.8. The van der Waals surface area contributed by atoms with Gasteiger partial charge in [0.1, 0.15) is 0 Å². The second-order valence-electron chi connectivity index (χ2n) is 5.84. The minimum atomic E-state index is -4.85. The molecular formula is C18H12Cl2F6-2. The van der Waals surface area contributed by atoms with Gasteiger partial charge in [0, 0.05) is 0 Å². The van der Waals surface area contributed by atoms with E-state index in [0.717, 1.165) is 23.3 Å². The summed E-state index contributed by atoms with van der Waals surface area (Å²) in [7, 11) is 0. The molecule has 0 amide bonds. The Bertz CT molecular complexity index is 802. The molecule has 0 heterocycles. The average molecular weight is 413 g/mol. The van der Waals surface area contributed by atoms with Gasteiger partial charge in [-0.2, -0.15) is 26.3 Å². The van der Waals surface area contributed by atoms with Gasteiger partial charge in [0.25, 0.3) is 0 Å². The highest BCUT2D eigenvalue weighted by Crippen LogP contribution is 2.41. The molecule has 8 heteroatoms. The minimum Gasteiger partial charge on any atom is -1.00 e. The summed E-state index contributed by atoms with van der Waals surface area (Å²) in [5, 5.41) is 0. The highest BCUT2D eigenvalue weighted by atomic mass is 35.5. The number of benzene rings is 2. The number of rotatable bonds is 1. The molecule has 0 fully saturated rings. The monoisotopic (exact) mass is 412 g/mol. The normalized spacial score (nSPS) is 13.4. The van der Waals surface area contributed by atoms with Gasteiger partial charge in [0.15, 0.2) is 0 Å². The molecular weight excluding hydrogens is 401 g/mol. The summed E-state index contributed by atoms with van der Waals surface area (Å²) >= 11 is 0. The first-order valence-electron chi connectivity index (χ1n) is 7.14. The van der Waals surface area contributed by atoms with Crippen molar-refractivity contribution in [2.75, 3.05) is 0 Å². The number of halogens is 8. The zero-order chi connectivity index (χ0) is 17.7. The molecule has 3 rings (SSSR count). The van der Waals surface area contributed by atoms with Crippen LogP contribution in [-0.2, 0) is 18.8 Å². The number of allylic oxidation sites excluding steroid dienone is 1. The van der Waals surface area contributed by atoms with Gasteiger partial charge >= 0.3 is 12.4 Å². The van der Waals surface area contributed by atoms with Crippen molar-refractivity contribution in [3.8, 4) is 11.1 Å². The van der Waals surface area contributed by atoms with Crippen molar-refractivity contribution < 1.29 is 51.2 Å². The SMILES string of the molecule is CC1=Cc2c(cccc2-c2cc(C(F)(F)F)cc(C(F)(F)F)c2)C1.[Cl-].[Cl-]. The van der Waals surface area contributed by atoms with Crippen LogP contribution in [0.25, 0.3) is 17.2 Å². The first-order valence-corrected chi connectivity index (χ1v) is 7.14. The molecule has 0 nitrogen and oxygen atoms in total. The summed E-state index contributed by atoms with van der Waals surface area (Å²) in [6, 6.07) is 6.70. The Morgan fingerprint density at radius 3 is 1.85 bits per heavy atom. The molecule has 1 aliphatic carbocycles. The fourth-order valence-corrected chi connectivity index (χ4v) is 2.90. The Labute approximate surface area is 158 Å². The van der Waals surface area contributed by atoms with Gasteiger partial charge in [0.05, 0.1) is 11.1 Å². The number of alkyl halides is 6. The maximum Gasteiger partial charge on any atom is 0.416 e. The van der Waals surface area contributed by atoms with E-state index in [-0.39, 0.29) is 36.4 Å². The van der Waals surface area contributed by atoms with Gasteiger partial charge in [-0.3, -0.25) is 0 Å². The van der Waals surface area contributed by atoms with E-state index in [1.165, 1.54) is 0 Å². The second kappa shape index (κ2) is 7.53. The molecule has 0 unspecified atom stereocenters. The lowest BCUT2D eigenvalue weighted by molar-refractivity contribution is -0.143. The largest absolute Gasteiger partial charge is 1.00 e. The van der Waals surface area contributed by atoms with Gasteiger partial charge in [-0.25, -0.2) is 0 Å². The molecule has 0 aliphatic heterocycles. The zero-order valence-electron chi connectivity index (χ0n) is 13.3. The van der Waals surface area contributed by atoms with Crippen molar-refractivity contribution in [1.29, 1.82) is 0 Å². The highest BCUT2D eigenvalue weighted by Gasteiger charge is 2.37. The van der Waals surface area contributed by atoms with E-state index in [9.17, 15) is 26.3 Å². The molecule has 0 saturated carbocycles. The van der Waals surface area contributed by atoms with E-state index in [0.29, 0.717) is 17.5 Å². The molecule has 0 spiro atoms. The van der Waals surface area contributed by atoms with Crippen LogP contribution in [0.5, 0.6) is 0 Å². The summed E-state index contributed by atoms with van der Waals surface area (Å²) < 4.78 is 78.1. The molecule has 0 atom stereocenters. The molecule has 2 aromatic rings. The Morgan fingerprint density at radius 1 is 0.808 bits per heavy atom. The van der Waals surface area contributed by atoms with Gasteiger partial charge in [-0.1, -0.05) is 29.8 Å². The quantitative estimate of drug-likeness (QED) is 0.593. The third-order valence-electron chi connectivity index (χ3n) is 3.96. The van der Waals surface area contributed by atoms with Crippen LogP contribution in [0, 0.1) is 0 Å². The van der Waals surface area contributed by atoms with Crippen molar-refractivity contribution in [3.63, 3.8) is 0 Å². The molecule has 0 radical (unpaired) electrons. The van der Waals surface area contributed by atoms with Crippen LogP contribution in [0.3, 0.4) is 0 Å². The third kappa shape index (κ3) is 4.35.